The summed E-state index contributed by atoms with van der Waals surface area (Å²) < 4.78 is 2.68. The smallest absolute Gasteiger partial charge is 0.248 e. The first-order chi connectivity index (χ1) is 30.0. The van der Waals surface area contributed by atoms with E-state index in [0.29, 0.717) is 0 Å². The molecule has 0 saturated carbocycles. The molecule has 0 radical (unpaired) electrons. The second kappa shape index (κ2) is 13.7. The quantitative estimate of drug-likeness (QED) is 0.148. The summed E-state index contributed by atoms with van der Waals surface area (Å²) in [5, 5.41) is 2.63. The lowest BCUT2D eigenvalue weighted by atomic mass is 9.29. The second-order valence-corrected chi connectivity index (χ2v) is 17.9. The molecule has 1 nitrogen and oxygen atoms in total. The van der Waals surface area contributed by atoms with Gasteiger partial charge in [-0.1, -0.05) is 238 Å². The van der Waals surface area contributed by atoms with Crippen molar-refractivity contribution in [1.82, 2.24) is 4.57 Å². The molecule has 0 aliphatic carbocycles. The molecule has 0 saturated heterocycles. The third kappa shape index (κ3) is 5.43. The van der Waals surface area contributed by atoms with Gasteiger partial charge in [-0.25, -0.2) is 0 Å². The SMILES string of the molecule is CC(C)(C)c1cc2c3c(c1)B(c1c(-c4ccccc4)cccc1-c1ccccc1)c1cccc4c5cccc(c5n-3c14)B2c1c(-c2ccccc2)cccc1-c1ccccc1. The molecule has 2 aliphatic heterocycles. The molecule has 0 fully saturated rings. The van der Waals surface area contributed by atoms with Crippen molar-refractivity contribution in [2.75, 3.05) is 0 Å². The molecule has 3 heteroatoms. The molecule has 0 unspecified atom stereocenters. The van der Waals surface area contributed by atoms with Gasteiger partial charge in [-0.2, -0.15) is 0 Å². The molecule has 10 aromatic rings. The lowest BCUT2D eigenvalue weighted by Gasteiger charge is -2.38. The minimum Gasteiger partial charge on any atom is -0.311 e. The maximum atomic E-state index is 2.68. The molecule has 12 rings (SSSR count). The lowest BCUT2D eigenvalue weighted by molar-refractivity contribution is 0.591. The van der Waals surface area contributed by atoms with Gasteiger partial charge >= 0.3 is 0 Å². The average Bonchev–Trinajstić information content (AvgIpc) is 3.66. The molecular weight excluding hydrogens is 732 g/mol. The van der Waals surface area contributed by atoms with Gasteiger partial charge < -0.3 is 4.57 Å². The van der Waals surface area contributed by atoms with Crippen LogP contribution in [0.4, 0.5) is 0 Å². The van der Waals surface area contributed by atoms with Crippen LogP contribution in [0.1, 0.15) is 26.3 Å². The number of fused-ring (bicyclic) bond motifs is 1. The first-order valence-electron chi connectivity index (χ1n) is 21.7. The van der Waals surface area contributed by atoms with Crippen molar-refractivity contribution in [3.63, 3.8) is 0 Å². The monoisotopic (exact) mass is 775 g/mol. The van der Waals surface area contributed by atoms with Crippen LogP contribution in [0, 0.1) is 0 Å². The molecule has 61 heavy (non-hydrogen) atoms. The summed E-state index contributed by atoms with van der Waals surface area (Å²) in [5.41, 5.74) is 23.4. The van der Waals surface area contributed by atoms with Crippen LogP contribution in [0.15, 0.2) is 206 Å². The van der Waals surface area contributed by atoms with Crippen LogP contribution < -0.4 is 32.8 Å². The van der Waals surface area contributed by atoms with Crippen LogP contribution in [0.25, 0.3) is 72.0 Å². The van der Waals surface area contributed by atoms with Gasteiger partial charge in [0.05, 0.1) is 0 Å². The van der Waals surface area contributed by atoms with Gasteiger partial charge in [0.15, 0.2) is 0 Å². The van der Waals surface area contributed by atoms with Gasteiger partial charge in [-0.05, 0) is 77.3 Å². The Morgan fingerprint density at radius 2 is 0.672 bits per heavy atom. The van der Waals surface area contributed by atoms with Gasteiger partial charge in [-0.15, -0.1) is 0 Å². The van der Waals surface area contributed by atoms with Crippen molar-refractivity contribution < 1.29 is 0 Å². The van der Waals surface area contributed by atoms with Crippen molar-refractivity contribution in [3.8, 4) is 50.2 Å². The molecule has 9 aromatic carbocycles. The van der Waals surface area contributed by atoms with E-state index >= 15 is 0 Å². The summed E-state index contributed by atoms with van der Waals surface area (Å²) >= 11 is 0. The molecule has 3 heterocycles. The Kier molecular flexibility index (Phi) is 8.06. The number of hydrogen-bond donors (Lipinski definition) is 0. The summed E-state index contributed by atoms with van der Waals surface area (Å²) in [6, 6.07) is 77.4. The summed E-state index contributed by atoms with van der Waals surface area (Å²) in [5.74, 6) is 0. The predicted molar refractivity (Wildman–Crippen MR) is 263 cm³/mol. The minimum absolute atomic E-state index is 0.0386. The Labute approximate surface area is 359 Å². The largest absolute Gasteiger partial charge is 0.311 e. The van der Waals surface area contributed by atoms with Crippen molar-refractivity contribution in [2.45, 2.75) is 26.2 Å². The van der Waals surface area contributed by atoms with Crippen molar-refractivity contribution in [3.05, 3.63) is 212 Å². The molecule has 0 N–H and O–H groups in total. The number of aromatic nitrogens is 1. The fraction of sp³-hybridized carbons (Fsp3) is 0.0690. The zero-order valence-electron chi connectivity index (χ0n) is 34.7. The van der Waals surface area contributed by atoms with Gasteiger partial charge in [0.25, 0.3) is 0 Å². The first kappa shape index (κ1) is 35.8. The van der Waals surface area contributed by atoms with Crippen LogP contribution in [-0.4, -0.2) is 18.0 Å². The molecule has 1 aromatic heterocycles. The highest BCUT2D eigenvalue weighted by Gasteiger charge is 2.44. The Morgan fingerprint density at radius 3 is 1.00 bits per heavy atom. The molecule has 286 valence electrons. The Bertz CT molecular complexity index is 3000. The second-order valence-electron chi connectivity index (χ2n) is 17.9. The van der Waals surface area contributed by atoms with E-state index in [1.165, 1.54) is 110 Å². The lowest BCUT2D eigenvalue weighted by Crippen LogP contribution is -2.64. The highest BCUT2D eigenvalue weighted by atomic mass is 15.0. The van der Waals surface area contributed by atoms with Crippen LogP contribution in [0.2, 0.25) is 0 Å². The van der Waals surface area contributed by atoms with Crippen LogP contribution in [0.5, 0.6) is 0 Å². The van der Waals surface area contributed by atoms with Crippen LogP contribution in [0.3, 0.4) is 0 Å². The minimum atomic E-state index is -0.113. The normalized spacial score (nSPS) is 12.8. The van der Waals surface area contributed by atoms with Gasteiger partial charge in [0.1, 0.15) is 0 Å². The number of nitrogens with zero attached hydrogens (tertiary/aromatic N) is 1. The Balaban J connectivity index is 1.28. The molecular formula is C58H43B2N. The third-order valence-electron chi connectivity index (χ3n) is 13.5. The summed E-state index contributed by atoms with van der Waals surface area (Å²) in [6.45, 7) is 7.06. The van der Waals surface area contributed by atoms with Gasteiger partial charge in [-0.3, -0.25) is 0 Å². The first-order valence-corrected chi connectivity index (χ1v) is 21.7. The average molecular weight is 776 g/mol. The van der Waals surface area contributed by atoms with Crippen molar-refractivity contribution >= 4 is 68.0 Å². The third-order valence-corrected chi connectivity index (χ3v) is 13.5. The Hall–Kier alpha value is -7.09. The molecule has 0 atom stereocenters. The molecule has 0 spiro atoms. The van der Waals surface area contributed by atoms with E-state index in [2.05, 4.69) is 232 Å². The van der Waals surface area contributed by atoms with Crippen LogP contribution in [-0.2, 0) is 5.41 Å². The van der Waals surface area contributed by atoms with E-state index in [0.717, 1.165) is 0 Å². The number of rotatable bonds is 6. The Morgan fingerprint density at radius 1 is 0.344 bits per heavy atom. The zero-order valence-corrected chi connectivity index (χ0v) is 34.7. The number of benzene rings is 9. The summed E-state index contributed by atoms with van der Waals surface area (Å²) in [4.78, 5) is 0. The van der Waals surface area contributed by atoms with E-state index in [1.54, 1.807) is 0 Å². The number of hydrogen-bond acceptors (Lipinski definition) is 0. The summed E-state index contributed by atoms with van der Waals surface area (Å²) in [6.07, 6.45) is 0. The number of para-hydroxylation sites is 2. The van der Waals surface area contributed by atoms with E-state index in [4.69, 9.17) is 0 Å². The summed E-state index contributed by atoms with van der Waals surface area (Å²) in [7, 11) is 0. The van der Waals surface area contributed by atoms with E-state index in [-0.39, 0.29) is 18.8 Å². The van der Waals surface area contributed by atoms with Gasteiger partial charge in [0, 0.05) is 27.5 Å². The van der Waals surface area contributed by atoms with Crippen molar-refractivity contribution in [2.24, 2.45) is 0 Å². The van der Waals surface area contributed by atoms with Crippen LogP contribution >= 0.6 is 0 Å². The fourth-order valence-electron chi connectivity index (χ4n) is 10.9. The van der Waals surface area contributed by atoms with E-state index in [1.807, 2.05) is 0 Å². The van der Waals surface area contributed by atoms with E-state index in [9.17, 15) is 0 Å². The standard InChI is InChI=1S/C58H43B2N/c1-58(2,3)42-36-51-57-52(37-42)60(54-45(40-24-12-6-13-25-40)30-17-31-46(54)41-26-14-7-15-27-41)50-35-19-33-48-47-32-18-34-49(55(47)61(57)56(48)50)59(51)53-43(38-20-8-4-9-21-38)28-16-29-44(53)39-22-10-5-11-23-39/h4-37H,1-3H3. The maximum absolute atomic E-state index is 2.68. The zero-order chi connectivity index (χ0) is 40.8. The van der Waals surface area contributed by atoms with Crippen molar-refractivity contribution in [1.29, 1.82) is 0 Å². The molecule has 2 aliphatic rings. The highest BCUT2D eigenvalue weighted by molar-refractivity contribution is 7.03. The fourth-order valence-corrected chi connectivity index (χ4v) is 10.9. The highest BCUT2D eigenvalue weighted by Crippen LogP contribution is 2.38. The maximum Gasteiger partial charge on any atom is 0.248 e. The van der Waals surface area contributed by atoms with Gasteiger partial charge in [0.2, 0.25) is 13.4 Å². The molecule has 0 amide bonds. The topological polar surface area (TPSA) is 4.93 Å². The predicted octanol–water partition coefficient (Wildman–Crippen LogP) is 10.4. The van der Waals surface area contributed by atoms with E-state index < -0.39 is 0 Å². The molecule has 0 bridgehead atoms.